The number of hydrogen-bond donors (Lipinski definition) is 0. The second-order valence-corrected chi connectivity index (χ2v) is 10.1. The lowest BCUT2D eigenvalue weighted by molar-refractivity contribution is -0.158. The summed E-state index contributed by atoms with van der Waals surface area (Å²) in [6.07, 6.45) is 16.6. The first-order chi connectivity index (χ1) is 13.7. The molecule has 4 bridgehead atoms. The number of allylic oxidation sites excluding steroid dienone is 4. The van der Waals surface area contributed by atoms with E-state index in [2.05, 4.69) is 24.3 Å². The first kappa shape index (κ1) is 17.3. The Morgan fingerprint density at radius 3 is 1.54 bits per heavy atom. The average molecular weight is 383 g/mol. The molecule has 0 heterocycles. The van der Waals surface area contributed by atoms with Crippen molar-refractivity contribution in [3.63, 3.8) is 0 Å². The van der Waals surface area contributed by atoms with Crippen LogP contribution in [0.15, 0.2) is 24.3 Å². The van der Waals surface area contributed by atoms with Gasteiger partial charge in [0.1, 0.15) is 12.2 Å². The molecule has 0 unspecified atom stereocenters. The Hall–Kier alpha value is -1.58. The van der Waals surface area contributed by atoms with Crippen molar-refractivity contribution < 1.29 is 19.1 Å². The van der Waals surface area contributed by atoms with Gasteiger partial charge in [0.25, 0.3) is 0 Å². The van der Waals surface area contributed by atoms with Crippen LogP contribution in [0.4, 0.5) is 0 Å². The summed E-state index contributed by atoms with van der Waals surface area (Å²) < 4.78 is 11.6. The minimum Gasteiger partial charge on any atom is -0.462 e. The second-order valence-electron chi connectivity index (χ2n) is 10.1. The molecule has 4 fully saturated rings. The van der Waals surface area contributed by atoms with Gasteiger partial charge in [-0.3, -0.25) is 9.59 Å². The summed E-state index contributed by atoms with van der Waals surface area (Å²) in [6.45, 7) is 0. The molecule has 150 valence electrons. The number of esters is 2. The van der Waals surface area contributed by atoms with Crippen LogP contribution in [0.1, 0.15) is 51.4 Å². The quantitative estimate of drug-likeness (QED) is 0.532. The predicted molar refractivity (Wildman–Crippen MR) is 103 cm³/mol. The SMILES string of the molecule is O=C(CCC(=O)O[C@H]1CC[C@@H]2[C@H]1[C@@H]1C=C[C@H]2C1)O[C@H]1CC[C@@H]2[C@H]1[C@@H]1C=C[C@H]2C1. The number of ether oxygens (including phenoxy) is 2. The van der Waals surface area contributed by atoms with Gasteiger partial charge in [0, 0.05) is 11.8 Å². The van der Waals surface area contributed by atoms with E-state index in [1.165, 1.54) is 25.7 Å². The Bertz CT molecular complexity index is 677. The van der Waals surface area contributed by atoms with Crippen LogP contribution in [0.3, 0.4) is 0 Å². The van der Waals surface area contributed by atoms with Crippen LogP contribution in [-0.4, -0.2) is 24.1 Å². The summed E-state index contributed by atoms with van der Waals surface area (Å²) in [5, 5.41) is 0. The number of carbonyl (C=O) groups is 2. The minimum absolute atomic E-state index is 0.0601. The zero-order valence-electron chi connectivity index (χ0n) is 16.4. The van der Waals surface area contributed by atoms with Crippen molar-refractivity contribution in [1.29, 1.82) is 0 Å². The molecule has 0 radical (unpaired) electrons. The van der Waals surface area contributed by atoms with E-state index in [1.54, 1.807) is 0 Å². The molecule has 0 saturated heterocycles. The Morgan fingerprint density at radius 2 is 1.07 bits per heavy atom. The van der Waals surface area contributed by atoms with Gasteiger partial charge in [-0.25, -0.2) is 0 Å². The second kappa shape index (κ2) is 6.47. The molecule has 0 amide bonds. The van der Waals surface area contributed by atoms with Crippen molar-refractivity contribution >= 4 is 11.9 Å². The van der Waals surface area contributed by atoms with E-state index in [4.69, 9.17) is 9.47 Å². The van der Waals surface area contributed by atoms with Crippen LogP contribution in [0, 0.1) is 47.3 Å². The maximum Gasteiger partial charge on any atom is 0.306 e. The summed E-state index contributed by atoms with van der Waals surface area (Å²) in [6, 6.07) is 0. The topological polar surface area (TPSA) is 52.6 Å². The van der Waals surface area contributed by atoms with E-state index in [-0.39, 0.29) is 37.0 Å². The first-order valence-corrected chi connectivity index (χ1v) is 11.4. The van der Waals surface area contributed by atoms with Gasteiger partial charge in [0.15, 0.2) is 0 Å². The lowest BCUT2D eigenvalue weighted by Crippen LogP contribution is -2.29. The molecule has 0 aliphatic heterocycles. The standard InChI is InChI=1S/C24H30O4/c25-21(27-19-7-5-17-13-1-3-15(11-13)23(17)19)9-10-22(26)28-20-8-6-18-14-2-4-16(12-14)24(18)20/h1-4,13-20,23-24H,5-12H2/t13-,14-,15+,16+,17-,18-,19-,20-,23+,24+/m0/s1. The van der Waals surface area contributed by atoms with Crippen molar-refractivity contribution in [2.45, 2.75) is 63.6 Å². The third kappa shape index (κ3) is 2.63. The monoisotopic (exact) mass is 382 g/mol. The molecule has 6 aliphatic carbocycles. The van der Waals surface area contributed by atoms with Crippen LogP contribution in [0.2, 0.25) is 0 Å². The Morgan fingerprint density at radius 1 is 0.643 bits per heavy atom. The molecule has 10 atom stereocenters. The molecular weight excluding hydrogens is 352 g/mol. The number of fused-ring (bicyclic) bond motifs is 10. The molecular formula is C24H30O4. The van der Waals surface area contributed by atoms with E-state index in [0.29, 0.717) is 47.3 Å². The van der Waals surface area contributed by atoms with Gasteiger partial charge in [-0.15, -0.1) is 0 Å². The Labute approximate surface area is 166 Å². The third-order valence-corrected chi connectivity index (χ3v) is 8.90. The summed E-state index contributed by atoms with van der Waals surface area (Å²) >= 11 is 0. The van der Waals surface area contributed by atoms with Crippen molar-refractivity contribution in [2.75, 3.05) is 0 Å². The van der Waals surface area contributed by atoms with Gasteiger partial charge in [0.2, 0.25) is 0 Å². The highest BCUT2D eigenvalue weighted by Crippen LogP contribution is 2.57. The molecule has 28 heavy (non-hydrogen) atoms. The maximum absolute atomic E-state index is 12.4. The van der Waals surface area contributed by atoms with E-state index in [9.17, 15) is 9.59 Å². The van der Waals surface area contributed by atoms with Gasteiger partial charge < -0.3 is 9.47 Å². The van der Waals surface area contributed by atoms with Crippen LogP contribution in [0.25, 0.3) is 0 Å². The summed E-state index contributed by atoms with van der Waals surface area (Å²) in [5.74, 6) is 4.65. The van der Waals surface area contributed by atoms with Crippen LogP contribution >= 0.6 is 0 Å². The van der Waals surface area contributed by atoms with Crippen molar-refractivity contribution in [1.82, 2.24) is 0 Å². The van der Waals surface area contributed by atoms with Gasteiger partial charge in [-0.1, -0.05) is 24.3 Å². The highest BCUT2D eigenvalue weighted by atomic mass is 16.6. The highest BCUT2D eigenvalue weighted by Gasteiger charge is 2.53. The van der Waals surface area contributed by atoms with Gasteiger partial charge >= 0.3 is 11.9 Å². The fraction of sp³-hybridized carbons (Fsp3) is 0.750. The van der Waals surface area contributed by atoms with Crippen molar-refractivity contribution in [3.8, 4) is 0 Å². The molecule has 4 saturated carbocycles. The number of rotatable bonds is 5. The molecule has 0 aromatic carbocycles. The Balaban J connectivity index is 0.982. The molecule has 0 aromatic rings. The summed E-state index contributed by atoms with van der Waals surface area (Å²) in [5.41, 5.74) is 0. The van der Waals surface area contributed by atoms with Crippen LogP contribution < -0.4 is 0 Å². The molecule has 0 spiro atoms. The fourth-order valence-electron chi connectivity index (χ4n) is 7.87. The fourth-order valence-corrected chi connectivity index (χ4v) is 7.87. The van der Waals surface area contributed by atoms with Crippen molar-refractivity contribution in [2.24, 2.45) is 47.3 Å². The maximum atomic E-state index is 12.4. The molecule has 6 aliphatic rings. The highest BCUT2D eigenvalue weighted by molar-refractivity contribution is 5.77. The molecule has 0 aromatic heterocycles. The smallest absolute Gasteiger partial charge is 0.306 e. The molecule has 4 nitrogen and oxygen atoms in total. The molecule has 0 N–H and O–H groups in total. The first-order valence-electron chi connectivity index (χ1n) is 11.4. The lowest BCUT2D eigenvalue weighted by atomic mass is 9.85. The Kier molecular flexibility index (Phi) is 3.99. The largest absolute Gasteiger partial charge is 0.462 e. The van der Waals surface area contributed by atoms with E-state index in [0.717, 1.165) is 12.8 Å². The molecule has 6 rings (SSSR count). The summed E-state index contributed by atoms with van der Waals surface area (Å²) in [7, 11) is 0. The zero-order valence-corrected chi connectivity index (χ0v) is 16.4. The van der Waals surface area contributed by atoms with Gasteiger partial charge in [0.05, 0.1) is 12.8 Å². The third-order valence-electron chi connectivity index (χ3n) is 8.90. The minimum atomic E-state index is -0.221. The zero-order chi connectivity index (χ0) is 18.8. The van der Waals surface area contributed by atoms with E-state index < -0.39 is 0 Å². The van der Waals surface area contributed by atoms with E-state index in [1.807, 2.05) is 0 Å². The summed E-state index contributed by atoms with van der Waals surface area (Å²) in [4.78, 5) is 24.7. The van der Waals surface area contributed by atoms with E-state index >= 15 is 0 Å². The van der Waals surface area contributed by atoms with Crippen LogP contribution in [-0.2, 0) is 19.1 Å². The predicted octanol–water partition coefficient (Wildman–Crippen LogP) is 4.05. The average Bonchev–Trinajstić information content (AvgIpc) is 3.48. The van der Waals surface area contributed by atoms with Gasteiger partial charge in [-0.05, 0) is 74.0 Å². The molecule has 4 heteroatoms. The van der Waals surface area contributed by atoms with Crippen LogP contribution in [0.5, 0.6) is 0 Å². The number of hydrogen-bond acceptors (Lipinski definition) is 4. The number of carbonyl (C=O) groups excluding carboxylic acids is 2. The van der Waals surface area contributed by atoms with Crippen molar-refractivity contribution in [3.05, 3.63) is 24.3 Å². The normalized spacial score (nSPS) is 48.9. The lowest BCUT2D eigenvalue weighted by Gasteiger charge is -2.26. The van der Waals surface area contributed by atoms with Gasteiger partial charge in [-0.2, -0.15) is 0 Å².